The predicted molar refractivity (Wildman–Crippen MR) is 167 cm³/mol. The summed E-state index contributed by atoms with van der Waals surface area (Å²) in [5, 5.41) is 0.482. The summed E-state index contributed by atoms with van der Waals surface area (Å²) in [6, 6.07) is 8.80. The highest BCUT2D eigenvalue weighted by atomic mass is 32.2. The third-order valence-corrected chi connectivity index (χ3v) is 15.8. The molecule has 42 heavy (non-hydrogen) atoms. The summed E-state index contributed by atoms with van der Waals surface area (Å²) in [7, 11) is -9.75. The van der Waals surface area contributed by atoms with Gasteiger partial charge in [0.15, 0.2) is 8.32 Å². The van der Waals surface area contributed by atoms with Gasteiger partial charge in [-0.1, -0.05) is 53.7 Å². The van der Waals surface area contributed by atoms with E-state index in [1.54, 1.807) is 12.3 Å². The third-order valence-electron chi connectivity index (χ3n) is 7.78. The zero-order valence-corrected chi connectivity index (χ0v) is 28.1. The highest BCUT2D eigenvalue weighted by Crippen LogP contribution is 2.42. The summed E-state index contributed by atoms with van der Waals surface area (Å²) in [6.45, 7) is 13.8. The number of hydrogen-bond donors (Lipinski definition) is 0. The minimum Gasteiger partial charge on any atom is -0.464 e. The molecule has 0 aliphatic carbocycles. The average Bonchev–Trinajstić information content (AvgIpc) is 3.52. The molecule has 4 aromatic rings. The molecule has 10 nitrogen and oxygen atoms in total. The normalized spacial score (nSPS) is 13.2. The molecule has 228 valence electrons. The lowest BCUT2D eigenvalue weighted by molar-refractivity contribution is 0.271. The molecule has 13 heteroatoms. The van der Waals surface area contributed by atoms with Gasteiger partial charge in [0.1, 0.15) is 17.1 Å². The number of fused-ring (bicyclic) bond motifs is 1. The first-order valence-electron chi connectivity index (χ1n) is 14.0. The predicted octanol–water partition coefficient (Wildman–Crippen LogP) is 6.09. The molecule has 3 heterocycles. The van der Waals surface area contributed by atoms with Crippen molar-refractivity contribution in [2.24, 2.45) is 0 Å². The van der Waals surface area contributed by atoms with Gasteiger partial charge in [0.25, 0.3) is 0 Å². The molecule has 0 saturated heterocycles. The van der Waals surface area contributed by atoms with Crippen LogP contribution in [0.2, 0.25) is 16.6 Å². The molecule has 3 aromatic heterocycles. The fraction of sp³-hybridized carbons (Fsp3) is 0.483. The Morgan fingerprint density at radius 3 is 2.19 bits per heavy atom. The van der Waals surface area contributed by atoms with E-state index in [4.69, 9.17) is 13.8 Å². The Balaban J connectivity index is 1.83. The van der Waals surface area contributed by atoms with Crippen LogP contribution in [0, 0.1) is 0 Å². The summed E-state index contributed by atoms with van der Waals surface area (Å²) in [6.07, 6.45) is 5.87. The minimum atomic E-state index is -3.90. The number of hydrogen-bond acceptors (Lipinski definition) is 9. The first kappa shape index (κ1) is 32.0. The first-order valence-corrected chi connectivity index (χ1v) is 19.9. The first-order chi connectivity index (χ1) is 19.6. The van der Waals surface area contributed by atoms with Gasteiger partial charge in [0.2, 0.25) is 25.0 Å². The van der Waals surface area contributed by atoms with Crippen molar-refractivity contribution in [3.05, 3.63) is 48.6 Å². The lowest BCUT2D eigenvalue weighted by Crippen LogP contribution is -2.48. The molecule has 4 rings (SSSR count). The Morgan fingerprint density at radius 2 is 1.60 bits per heavy atom. The maximum absolute atomic E-state index is 13.3. The quantitative estimate of drug-likeness (QED) is 0.103. The SMILES string of the molecule is CC(C)[Si](OCCCc1nc(-c2ccc3ccoc3c2)c(-c2ccnc(S(C)(=O)=O)n2)n1S(C)(=O)=O)(C(C)C)C(C)C. The average molecular weight is 633 g/mol. The summed E-state index contributed by atoms with van der Waals surface area (Å²) in [5.74, 6) is 0.316. The van der Waals surface area contributed by atoms with Gasteiger partial charge in [-0.2, -0.15) is 0 Å². The van der Waals surface area contributed by atoms with Gasteiger partial charge in [-0.3, -0.25) is 0 Å². The third kappa shape index (κ3) is 6.24. The molecule has 0 unspecified atom stereocenters. The van der Waals surface area contributed by atoms with Crippen LogP contribution in [0.5, 0.6) is 0 Å². The molecule has 0 aliphatic heterocycles. The Hall–Kier alpha value is -2.87. The van der Waals surface area contributed by atoms with E-state index in [1.165, 1.54) is 16.2 Å². The van der Waals surface area contributed by atoms with E-state index in [0.29, 0.717) is 58.7 Å². The number of nitrogens with zero attached hydrogens (tertiary/aromatic N) is 4. The van der Waals surface area contributed by atoms with Crippen LogP contribution in [0.4, 0.5) is 0 Å². The molecule has 0 spiro atoms. The zero-order chi connectivity index (χ0) is 31.0. The van der Waals surface area contributed by atoms with Gasteiger partial charge < -0.3 is 8.84 Å². The van der Waals surface area contributed by atoms with Crippen molar-refractivity contribution in [3.63, 3.8) is 0 Å². The second-order valence-corrected chi connectivity index (χ2v) is 20.9. The van der Waals surface area contributed by atoms with Gasteiger partial charge in [-0.15, -0.1) is 0 Å². The maximum atomic E-state index is 13.3. The standard InChI is InChI=1S/C29H40N4O6S2Si/c1-19(2)42(20(3)4,21(5)6)39-16-9-10-26-32-27(23-12-11-22-14-17-38-25(22)18-23)28(33(26)41(8,36)37)24-13-15-30-29(31-24)40(7,34)35/h11-15,17-21H,9-10,16H2,1-8H3. The number of sulfone groups is 1. The minimum absolute atomic E-state index is 0.131. The van der Waals surface area contributed by atoms with E-state index in [1.807, 2.05) is 18.2 Å². The van der Waals surface area contributed by atoms with Crippen molar-refractivity contribution >= 4 is 39.1 Å². The Bertz CT molecular complexity index is 1770. The van der Waals surface area contributed by atoms with E-state index < -0.39 is 33.3 Å². The van der Waals surface area contributed by atoms with E-state index in [-0.39, 0.29) is 11.4 Å². The molecule has 0 N–H and O–H groups in total. The molecular weight excluding hydrogens is 593 g/mol. The molecular formula is C29H40N4O6S2Si. The van der Waals surface area contributed by atoms with Crippen LogP contribution < -0.4 is 0 Å². The summed E-state index contributed by atoms with van der Waals surface area (Å²) >= 11 is 0. The van der Waals surface area contributed by atoms with Gasteiger partial charge in [0.05, 0.1) is 23.9 Å². The Kier molecular flexibility index (Phi) is 9.17. The number of aromatic nitrogens is 4. The lowest BCUT2D eigenvalue weighted by atomic mass is 10.1. The Morgan fingerprint density at radius 1 is 0.929 bits per heavy atom. The van der Waals surface area contributed by atoms with Gasteiger partial charge >= 0.3 is 0 Å². The van der Waals surface area contributed by atoms with Crippen molar-refractivity contribution in [3.8, 4) is 22.6 Å². The van der Waals surface area contributed by atoms with E-state index in [9.17, 15) is 16.8 Å². The van der Waals surface area contributed by atoms with Crippen molar-refractivity contribution in [1.29, 1.82) is 0 Å². The van der Waals surface area contributed by atoms with Crippen LogP contribution in [0.1, 0.15) is 53.8 Å². The number of aryl methyl sites for hydroxylation is 1. The lowest BCUT2D eigenvalue weighted by Gasteiger charge is -2.42. The molecule has 1 aromatic carbocycles. The van der Waals surface area contributed by atoms with Gasteiger partial charge in [-0.25, -0.2) is 35.8 Å². The van der Waals surface area contributed by atoms with Crippen molar-refractivity contribution in [2.45, 2.75) is 76.2 Å². The van der Waals surface area contributed by atoms with E-state index in [0.717, 1.165) is 17.9 Å². The summed E-state index contributed by atoms with van der Waals surface area (Å²) < 4.78 is 64.7. The molecule has 0 amide bonds. The monoisotopic (exact) mass is 632 g/mol. The van der Waals surface area contributed by atoms with Crippen LogP contribution in [0.25, 0.3) is 33.6 Å². The topological polar surface area (TPSA) is 134 Å². The highest BCUT2D eigenvalue weighted by Gasteiger charge is 2.44. The van der Waals surface area contributed by atoms with Crippen LogP contribution in [-0.2, 0) is 30.7 Å². The van der Waals surface area contributed by atoms with E-state index in [2.05, 4.69) is 51.5 Å². The number of furan rings is 1. The number of rotatable bonds is 12. The molecule has 0 saturated carbocycles. The van der Waals surface area contributed by atoms with Crippen LogP contribution in [0.15, 0.2) is 52.4 Å². The van der Waals surface area contributed by atoms with Crippen molar-refractivity contribution in [1.82, 2.24) is 18.9 Å². The fourth-order valence-electron chi connectivity index (χ4n) is 6.13. The highest BCUT2D eigenvalue weighted by molar-refractivity contribution is 7.90. The fourth-order valence-corrected chi connectivity index (χ4v) is 13.2. The Labute approximate surface area is 249 Å². The largest absolute Gasteiger partial charge is 0.464 e. The number of benzene rings is 1. The molecule has 0 aliphatic rings. The molecule has 0 fully saturated rings. The smallest absolute Gasteiger partial charge is 0.247 e. The molecule has 0 bridgehead atoms. The summed E-state index contributed by atoms with van der Waals surface area (Å²) in [4.78, 5) is 13.0. The zero-order valence-electron chi connectivity index (χ0n) is 25.4. The van der Waals surface area contributed by atoms with E-state index >= 15 is 0 Å². The van der Waals surface area contributed by atoms with Crippen molar-refractivity contribution < 1.29 is 25.7 Å². The van der Waals surface area contributed by atoms with Crippen LogP contribution in [0.3, 0.4) is 0 Å². The van der Waals surface area contributed by atoms with Gasteiger partial charge in [0, 0.05) is 36.4 Å². The number of imidazole rings is 1. The molecule has 0 atom stereocenters. The van der Waals surface area contributed by atoms with Gasteiger partial charge in [-0.05, 0) is 41.2 Å². The molecule has 0 radical (unpaired) electrons. The van der Waals surface area contributed by atoms with Crippen LogP contribution in [-0.4, -0.2) is 63.2 Å². The maximum Gasteiger partial charge on any atom is 0.247 e. The second-order valence-electron chi connectivity index (χ2n) is 11.7. The van der Waals surface area contributed by atoms with Crippen molar-refractivity contribution in [2.75, 3.05) is 19.1 Å². The second kappa shape index (κ2) is 12.0. The van der Waals surface area contributed by atoms with Crippen LogP contribution >= 0.6 is 0 Å². The summed E-state index contributed by atoms with van der Waals surface area (Å²) in [5.41, 5.74) is 3.14.